The first kappa shape index (κ1) is 13.1. The zero-order valence-electron chi connectivity index (χ0n) is 10.1. The van der Waals surface area contributed by atoms with Crippen LogP contribution in [0.25, 0.3) is 0 Å². The molecule has 0 aliphatic heterocycles. The second kappa shape index (κ2) is 5.94. The maximum Gasteiger partial charge on any atom is 0.130 e. The van der Waals surface area contributed by atoms with E-state index in [1.807, 2.05) is 20.8 Å². The van der Waals surface area contributed by atoms with E-state index in [1.165, 1.54) is 18.2 Å². The van der Waals surface area contributed by atoms with Crippen LogP contribution in [-0.4, -0.2) is 6.54 Å². The second-order valence-electron chi connectivity index (χ2n) is 4.38. The van der Waals surface area contributed by atoms with Crippen molar-refractivity contribution in [3.63, 3.8) is 0 Å². The average molecular weight is 227 g/mol. The largest absolute Gasteiger partial charge is 0.310 e. The Morgan fingerprint density at radius 2 is 1.75 bits per heavy atom. The van der Waals surface area contributed by atoms with Crippen molar-refractivity contribution in [2.24, 2.45) is 5.92 Å². The summed E-state index contributed by atoms with van der Waals surface area (Å²) >= 11 is 0. The first-order chi connectivity index (χ1) is 7.56. The number of hydrogen-bond acceptors (Lipinski definition) is 1. The van der Waals surface area contributed by atoms with Crippen LogP contribution in [0.1, 0.15) is 38.8 Å². The van der Waals surface area contributed by atoms with Gasteiger partial charge in [0.05, 0.1) is 0 Å². The lowest BCUT2D eigenvalue weighted by atomic mass is 9.96. The van der Waals surface area contributed by atoms with Crippen LogP contribution >= 0.6 is 0 Å². The first-order valence-corrected chi connectivity index (χ1v) is 5.73. The molecular formula is C13H19F2N. The van der Waals surface area contributed by atoms with E-state index < -0.39 is 11.6 Å². The topological polar surface area (TPSA) is 12.0 Å². The summed E-state index contributed by atoms with van der Waals surface area (Å²) in [5.41, 5.74) is 0.165. The van der Waals surface area contributed by atoms with Gasteiger partial charge in [-0.25, -0.2) is 8.78 Å². The summed E-state index contributed by atoms with van der Waals surface area (Å²) in [4.78, 5) is 0. The molecule has 1 aromatic rings. The minimum atomic E-state index is -0.466. The predicted molar refractivity (Wildman–Crippen MR) is 62.2 cm³/mol. The van der Waals surface area contributed by atoms with Crippen LogP contribution in [0.2, 0.25) is 0 Å². The minimum Gasteiger partial charge on any atom is -0.310 e. The van der Waals surface area contributed by atoms with Crippen LogP contribution in [0, 0.1) is 17.6 Å². The highest BCUT2D eigenvalue weighted by molar-refractivity contribution is 5.23. The van der Waals surface area contributed by atoms with Gasteiger partial charge in [-0.3, -0.25) is 0 Å². The molecule has 0 aromatic heterocycles. The van der Waals surface area contributed by atoms with Crippen LogP contribution in [0.15, 0.2) is 18.2 Å². The van der Waals surface area contributed by atoms with E-state index in [0.29, 0.717) is 12.5 Å². The quantitative estimate of drug-likeness (QED) is 0.809. The Balaban J connectivity index is 3.00. The molecule has 16 heavy (non-hydrogen) atoms. The van der Waals surface area contributed by atoms with Crippen LogP contribution in [0.3, 0.4) is 0 Å². The van der Waals surface area contributed by atoms with Gasteiger partial charge in [-0.15, -0.1) is 0 Å². The Bertz CT molecular complexity index is 316. The Hall–Kier alpha value is -0.960. The van der Waals surface area contributed by atoms with Crippen molar-refractivity contribution < 1.29 is 8.78 Å². The van der Waals surface area contributed by atoms with Gasteiger partial charge in [-0.2, -0.15) is 0 Å². The zero-order chi connectivity index (χ0) is 12.1. The van der Waals surface area contributed by atoms with E-state index in [9.17, 15) is 8.78 Å². The molecule has 0 spiro atoms. The molecule has 0 fully saturated rings. The fraction of sp³-hybridized carbons (Fsp3) is 0.538. The van der Waals surface area contributed by atoms with Crippen molar-refractivity contribution in [1.29, 1.82) is 0 Å². The molecule has 1 unspecified atom stereocenters. The molecule has 1 atom stereocenters. The monoisotopic (exact) mass is 227 g/mol. The third kappa shape index (κ3) is 3.27. The van der Waals surface area contributed by atoms with Crippen molar-refractivity contribution in [3.05, 3.63) is 35.4 Å². The molecule has 0 radical (unpaired) electrons. The standard InChI is InChI=1S/C13H19F2N/c1-4-16-12(8-9(2)3)13-10(14)6-5-7-11(13)15/h5-7,9,12,16H,4,8H2,1-3H3. The van der Waals surface area contributed by atoms with Gasteiger partial charge in [-0.1, -0.05) is 26.8 Å². The lowest BCUT2D eigenvalue weighted by Gasteiger charge is -2.21. The summed E-state index contributed by atoms with van der Waals surface area (Å²) in [7, 11) is 0. The molecule has 0 aliphatic carbocycles. The van der Waals surface area contributed by atoms with Crippen molar-refractivity contribution in [2.45, 2.75) is 33.2 Å². The summed E-state index contributed by atoms with van der Waals surface area (Å²) in [6.45, 7) is 6.73. The summed E-state index contributed by atoms with van der Waals surface area (Å²) in [6, 6.07) is 3.77. The number of halogens is 2. The summed E-state index contributed by atoms with van der Waals surface area (Å²) in [5.74, 6) is -0.541. The van der Waals surface area contributed by atoms with E-state index >= 15 is 0 Å². The van der Waals surface area contributed by atoms with Crippen LogP contribution < -0.4 is 5.32 Å². The number of hydrogen-bond donors (Lipinski definition) is 1. The minimum absolute atomic E-state index is 0.165. The van der Waals surface area contributed by atoms with E-state index in [0.717, 1.165) is 6.42 Å². The van der Waals surface area contributed by atoms with Gasteiger partial charge in [0, 0.05) is 11.6 Å². The van der Waals surface area contributed by atoms with Crippen molar-refractivity contribution in [3.8, 4) is 0 Å². The smallest absolute Gasteiger partial charge is 0.130 e. The lowest BCUT2D eigenvalue weighted by Crippen LogP contribution is -2.24. The fourth-order valence-electron chi connectivity index (χ4n) is 1.86. The molecule has 3 heteroatoms. The predicted octanol–water partition coefficient (Wildman–Crippen LogP) is 3.66. The molecule has 0 saturated carbocycles. The maximum atomic E-state index is 13.6. The Labute approximate surface area is 95.9 Å². The van der Waals surface area contributed by atoms with Crippen molar-refractivity contribution in [2.75, 3.05) is 6.54 Å². The average Bonchev–Trinajstić information content (AvgIpc) is 2.16. The molecule has 90 valence electrons. The molecule has 0 amide bonds. The van der Waals surface area contributed by atoms with Gasteiger partial charge in [0.15, 0.2) is 0 Å². The molecule has 0 bridgehead atoms. The number of benzene rings is 1. The Morgan fingerprint density at radius 3 is 2.19 bits per heavy atom. The fourth-order valence-corrected chi connectivity index (χ4v) is 1.86. The highest BCUT2D eigenvalue weighted by Gasteiger charge is 2.19. The summed E-state index contributed by atoms with van der Waals surface area (Å²) in [5, 5.41) is 3.13. The van der Waals surface area contributed by atoms with Gasteiger partial charge >= 0.3 is 0 Å². The van der Waals surface area contributed by atoms with Gasteiger partial charge in [0.1, 0.15) is 11.6 Å². The third-order valence-electron chi connectivity index (χ3n) is 2.51. The summed E-state index contributed by atoms with van der Waals surface area (Å²) in [6.07, 6.45) is 0.728. The highest BCUT2D eigenvalue weighted by Crippen LogP contribution is 2.26. The van der Waals surface area contributed by atoms with Gasteiger partial charge in [0.2, 0.25) is 0 Å². The van der Waals surface area contributed by atoms with Crippen LogP contribution in [0.4, 0.5) is 8.78 Å². The molecule has 0 aliphatic rings. The highest BCUT2D eigenvalue weighted by atomic mass is 19.1. The first-order valence-electron chi connectivity index (χ1n) is 5.73. The lowest BCUT2D eigenvalue weighted by molar-refractivity contribution is 0.406. The molecule has 0 saturated heterocycles. The third-order valence-corrected chi connectivity index (χ3v) is 2.51. The van der Waals surface area contributed by atoms with Crippen LogP contribution in [-0.2, 0) is 0 Å². The number of nitrogens with one attached hydrogen (secondary N) is 1. The molecule has 1 nitrogen and oxygen atoms in total. The van der Waals surface area contributed by atoms with Gasteiger partial charge in [0.25, 0.3) is 0 Å². The van der Waals surface area contributed by atoms with Gasteiger partial charge < -0.3 is 5.32 Å². The Morgan fingerprint density at radius 1 is 1.19 bits per heavy atom. The molecule has 0 heterocycles. The molecule has 1 rings (SSSR count). The zero-order valence-corrected chi connectivity index (χ0v) is 10.1. The van der Waals surface area contributed by atoms with E-state index in [1.54, 1.807) is 0 Å². The molecular weight excluding hydrogens is 208 g/mol. The van der Waals surface area contributed by atoms with Gasteiger partial charge in [-0.05, 0) is 31.0 Å². The second-order valence-corrected chi connectivity index (χ2v) is 4.38. The number of rotatable bonds is 5. The maximum absolute atomic E-state index is 13.6. The Kier molecular flexibility index (Phi) is 4.87. The normalized spacial score (nSPS) is 13.1. The van der Waals surface area contributed by atoms with E-state index in [2.05, 4.69) is 5.32 Å². The van der Waals surface area contributed by atoms with Crippen LogP contribution in [0.5, 0.6) is 0 Å². The van der Waals surface area contributed by atoms with Crippen molar-refractivity contribution >= 4 is 0 Å². The molecule has 1 aromatic carbocycles. The van der Waals surface area contributed by atoms with Crippen molar-refractivity contribution in [1.82, 2.24) is 5.32 Å². The molecule has 1 N–H and O–H groups in total. The summed E-state index contributed by atoms with van der Waals surface area (Å²) < 4.78 is 27.2. The van der Waals surface area contributed by atoms with E-state index in [-0.39, 0.29) is 11.6 Å². The SMILES string of the molecule is CCNC(CC(C)C)c1c(F)cccc1F. The van der Waals surface area contributed by atoms with E-state index in [4.69, 9.17) is 0 Å².